The molecule has 2 amide bonds. The Labute approximate surface area is 126 Å². The molecule has 1 N–H and O–H groups in total. The molecule has 0 heterocycles. The van der Waals surface area contributed by atoms with Gasteiger partial charge < -0.3 is 10.2 Å². The zero-order valence-electron chi connectivity index (χ0n) is 11.7. The van der Waals surface area contributed by atoms with Crippen molar-refractivity contribution < 1.29 is 14.0 Å². The molecular formula is C14H18BrFN2O2. The smallest absolute Gasteiger partial charge is 0.255 e. The largest absolute Gasteiger partial charge is 0.354 e. The van der Waals surface area contributed by atoms with Gasteiger partial charge in [-0.3, -0.25) is 9.59 Å². The van der Waals surface area contributed by atoms with Crippen LogP contribution in [0.2, 0.25) is 0 Å². The van der Waals surface area contributed by atoms with Gasteiger partial charge in [0.15, 0.2) is 0 Å². The molecule has 0 aromatic heterocycles. The molecule has 4 nitrogen and oxygen atoms in total. The minimum absolute atomic E-state index is 0.0324. The van der Waals surface area contributed by atoms with Crippen LogP contribution in [0.3, 0.4) is 0 Å². The van der Waals surface area contributed by atoms with Crippen molar-refractivity contribution >= 4 is 27.7 Å². The number of rotatable bonds is 5. The number of likely N-dealkylation sites (N-methyl/N-ethyl adjacent to an activating group) is 1. The number of amides is 2. The van der Waals surface area contributed by atoms with Gasteiger partial charge in [-0.1, -0.05) is 13.8 Å². The van der Waals surface area contributed by atoms with Crippen molar-refractivity contribution in [2.45, 2.75) is 13.8 Å². The SMILES string of the molecule is CC(C)CNC(=O)CN(C)C(=O)c1ccc(F)cc1Br. The Hall–Kier alpha value is -1.43. The van der Waals surface area contributed by atoms with Gasteiger partial charge in [-0.25, -0.2) is 4.39 Å². The minimum atomic E-state index is -0.425. The summed E-state index contributed by atoms with van der Waals surface area (Å²) in [5, 5.41) is 2.74. The fourth-order valence-electron chi connectivity index (χ4n) is 1.53. The average molecular weight is 345 g/mol. The molecular weight excluding hydrogens is 327 g/mol. The maximum absolute atomic E-state index is 13.0. The molecule has 6 heteroatoms. The van der Waals surface area contributed by atoms with Gasteiger partial charge in [0.2, 0.25) is 5.91 Å². The van der Waals surface area contributed by atoms with Gasteiger partial charge in [-0.15, -0.1) is 0 Å². The van der Waals surface area contributed by atoms with Crippen molar-refractivity contribution in [3.05, 3.63) is 34.1 Å². The van der Waals surface area contributed by atoms with Crippen LogP contribution in [0.15, 0.2) is 22.7 Å². The first kappa shape index (κ1) is 16.6. The van der Waals surface area contributed by atoms with Crippen LogP contribution in [0.25, 0.3) is 0 Å². The molecule has 110 valence electrons. The molecule has 0 radical (unpaired) electrons. The first-order valence-electron chi connectivity index (χ1n) is 6.28. The van der Waals surface area contributed by atoms with E-state index in [1.54, 1.807) is 0 Å². The number of hydrogen-bond donors (Lipinski definition) is 1. The number of nitrogens with zero attached hydrogens (tertiary/aromatic N) is 1. The molecule has 20 heavy (non-hydrogen) atoms. The molecule has 0 fully saturated rings. The van der Waals surface area contributed by atoms with E-state index in [2.05, 4.69) is 21.2 Å². The van der Waals surface area contributed by atoms with Crippen LogP contribution in [0.4, 0.5) is 4.39 Å². The van der Waals surface area contributed by atoms with Crippen LogP contribution in [0.5, 0.6) is 0 Å². The molecule has 0 aliphatic heterocycles. The number of benzene rings is 1. The summed E-state index contributed by atoms with van der Waals surface area (Å²) in [5.41, 5.74) is 0.325. The normalized spacial score (nSPS) is 10.5. The molecule has 0 bridgehead atoms. The fourth-order valence-corrected chi connectivity index (χ4v) is 2.05. The molecule has 1 aromatic rings. The van der Waals surface area contributed by atoms with E-state index in [0.717, 1.165) is 0 Å². The first-order valence-corrected chi connectivity index (χ1v) is 7.07. The summed E-state index contributed by atoms with van der Waals surface area (Å²) in [5.74, 6) is -0.624. The van der Waals surface area contributed by atoms with E-state index in [1.165, 1.54) is 30.1 Å². The third-order valence-corrected chi connectivity index (χ3v) is 3.25. The Balaban J connectivity index is 2.65. The van der Waals surface area contributed by atoms with E-state index in [-0.39, 0.29) is 18.4 Å². The molecule has 0 saturated carbocycles. The van der Waals surface area contributed by atoms with Crippen LogP contribution in [0, 0.1) is 11.7 Å². The second kappa shape index (κ2) is 7.38. The van der Waals surface area contributed by atoms with Crippen molar-refractivity contribution in [3.8, 4) is 0 Å². The van der Waals surface area contributed by atoms with E-state index in [9.17, 15) is 14.0 Å². The van der Waals surface area contributed by atoms with E-state index in [1.807, 2.05) is 13.8 Å². The lowest BCUT2D eigenvalue weighted by atomic mass is 10.2. The number of carbonyl (C=O) groups excluding carboxylic acids is 2. The molecule has 1 rings (SSSR count). The van der Waals surface area contributed by atoms with Crippen molar-refractivity contribution in [1.82, 2.24) is 10.2 Å². The zero-order valence-corrected chi connectivity index (χ0v) is 13.3. The Bertz CT molecular complexity index is 506. The van der Waals surface area contributed by atoms with E-state index < -0.39 is 5.82 Å². The molecule has 0 spiro atoms. The molecule has 0 aliphatic rings. The highest BCUT2D eigenvalue weighted by Crippen LogP contribution is 2.19. The highest BCUT2D eigenvalue weighted by atomic mass is 79.9. The van der Waals surface area contributed by atoms with E-state index in [4.69, 9.17) is 0 Å². The van der Waals surface area contributed by atoms with Gasteiger partial charge in [-0.2, -0.15) is 0 Å². The van der Waals surface area contributed by atoms with Gasteiger partial charge in [0.1, 0.15) is 5.82 Å². The summed E-state index contributed by atoms with van der Waals surface area (Å²) in [4.78, 5) is 25.1. The van der Waals surface area contributed by atoms with Crippen LogP contribution < -0.4 is 5.32 Å². The van der Waals surface area contributed by atoms with Gasteiger partial charge in [0.25, 0.3) is 5.91 Å². The summed E-state index contributed by atoms with van der Waals surface area (Å²) in [6, 6.07) is 3.83. The van der Waals surface area contributed by atoms with Gasteiger partial charge >= 0.3 is 0 Å². The molecule has 0 saturated heterocycles. The predicted octanol–water partition coefficient (Wildman–Crippen LogP) is 2.43. The summed E-state index contributed by atoms with van der Waals surface area (Å²) in [7, 11) is 1.53. The predicted molar refractivity (Wildman–Crippen MR) is 78.9 cm³/mol. The van der Waals surface area contributed by atoms with Crippen molar-refractivity contribution in [3.63, 3.8) is 0 Å². The lowest BCUT2D eigenvalue weighted by molar-refractivity contribution is -0.121. The third-order valence-electron chi connectivity index (χ3n) is 2.60. The Kier molecular flexibility index (Phi) is 6.13. The summed E-state index contributed by atoms with van der Waals surface area (Å²) in [6.07, 6.45) is 0. The highest BCUT2D eigenvalue weighted by Gasteiger charge is 2.17. The Morgan fingerprint density at radius 3 is 2.60 bits per heavy atom. The lowest BCUT2D eigenvalue weighted by Crippen LogP contribution is -2.39. The van der Waals surface area contributed by atoms with Crippen molar-refractivity contribution in [2.75, 3.05) is 20.1 Å². The highest BCUT2D eigenvalue weighted by molar-refractivity contribution is 9.10. The summed E-state index contributed by atoms with van der Waals surface area (Å²) >= 11 is 3.14. The quantitative estimate of drug-likeness (QED) is 0.891. The van der Waals surface area contributed by atoms with Crippen LogP contribution in [-0.2, 0) is 4.79 Å². The number of nitrogens with one attached hydrogen (secondary N) is 1. The van der Waals surface area contributed by atoms with Crippen LogP contribution in [0.1, 0.15) is 24.2 Å². The average Bonchev–Trinajstić information content (AvgIpc) is 2.35. The third kappa shape index (κ3) is 4.92. The van der Waals surface area contributed by atoms with Crippen LogP contribution in [-0.4, -0.2) is 36.9 Å². The van der Waals surface area contributed by atoms with Gasteiger partial charge in [-0.05, 0) is 40.0 Å². The first-order chi connectivity index (χ1) is 9.31. The molecule has 0 atom stereocenters. The Morgan fingerprint density at radius 1 is 1.40 bits per heavy atom. The summed E-state index contributed by atoms with van der Waals surface area (Å²) < 4.78 is 13.4. The van der Waals surface area contributed by atoms with E-state index in [0.29, 0.717) is 22.5 Å². The maximum Gasteiger partial charge on any atom is 0.255 e. The fraction of sp³-hybridized carbons (Fsp3) is 0.429. The zero-order chi connectivity index (χ0) is 15.3. The Morgan fingerprint density at radius 2 is 2.05 bits per heavy atom. The number of hydrogen-bond acceptors (Lipinski definition) is 2. The van der Waals surface area contributed by atoms with Gasteiger partial charge in [0.05, 0.1) is 12.1 Å². The maximum atomic E-state index is 13.0. The minimum Gasteiger partial charge on any atom is -0.354 e. The van der Waals surface area contributed by atoms with E-state index >= 15 is 0 Å². The number of carbonyl (C=O) groups is 2. The lowest BCUT2D eigenvalue weighted by Gasteiger charge is -2.18. The van der Waals surface area contributed by atoms with Crippen molar-refractivity contribution in [1.29, 1.82) is 0 Å². The number of halogens is 2. The van der Waals surface area contributed by atoms with Crippen LogP contribution >= 0.6 is 15.9 Å². The molecule has 0 unspecified atom stereocenters. The topological polar surface area (TPSA) is 49.4 Å². The monoisotopic (exact) mass is 344 g/mol. The summed E-state index contributed by atoms with van der Waals surface area (Å²) in [6.45, 7) is 4.52. The molecule has 0 aliphatic carbocycles. The second-order valence-electron chi connectivity index (χ2n) is 4.98. The van der Waals surface area contributed by atoms with Gasteiger partial charge in [0, 0.05) is 18.1 Å². The molecule has 1 aromatic carbocycles. The standard InChI is InChI=1S/C14H18BrFN2O2/c1-9(2)7-17-13(19)8-18(3)14(20)11-5-4-10(16)6-12(11)15/h4-6,9H,7-8H2,1-3H3,(H,17,19). The second-order valence-corrected chi connectivity index (χ2v) is 5.84. The van der Waals surface area contributed by atoms with Crippen molar-refractivity contribution in [2.24, 2.45) is 5.92 Å².